The lowest BCUT2D eigenvalue weighted by Gasteiger charge is -2.39. The molecule has 1 aliphatic carbocycles. The second kappa shape index (κ2) is 2.47. The summed E-state index contributed by atoms with van der Waals surface area (Å²) in [5.41, 5.74) is 0.397. The molecule has 12 heavy (non-hydrogen) atoms. The molecular weight excluding hydrogens is 146 g/mol. The van der Waals surface area contributed by atoms with Crippen molar-refractivity contribution in [3.63, 3.8) is 0 Å². The van der Waals surface area contributed by atoms with Gasteiger partial charge < -0.3 is 0 Å². The molecule has 1 heterocycles. The molecule has 1 aliphatic heterocycles. The lowest BCUT2D eigenvalue weighted by Crippen LogP contribution is -2.46. The Kier molecular flexibility index (Phi) is 1.76. The van der Waals surface area contributed by atoms with E-state index in [9.17, 15) is 0 Å². The fourth-order valence-electron chi connectivity index (χ4n) is 3.08. The normalized spacial score (nSPS) is 42.5. The van der Waals surface area contributed by atoms with Gasteiger partial charge in [-0.3, -0.25) is 4.90 Å². The van der Waals surface area contributed by atoms with E-state index in [2.05, 4.69) is 32.6 Å². The number of piperidine rings is 1. The maximum absolute atomic E-state index is 2.71. The summed E-state index contributed by atoms with van der Waals surface area (Å²) in [4.78, 5) is 2.71. The number of hydrogen-bond acceptors (Lipinski definition) is 1. The zero-order valence-corrected chi connectivity index (χ0v) is 8.80. The van der Waals surface area contributed by atoms with Crippen LogP contribution in [0.4, 0.5) is 0 Å². The van der Waals surface area contributed by atoms with Gasteiger partial charge in [-0.25, -0.2) is 0 Å². The van der Waals surface area contributed by atoms with E-state index in [0.29, 0.717) is 5.54 Å². The first-order chi connectivity index (χ1) is 5.50. The van der Waals surface area contributed by atoms with E-state index in [4.69, 9.17) is 0 Å². The Morgan fingerprint density at radius 2 is 1.83 bits per heavy atom. The quantitative estimate of drug-likeness (QED) is 0.536. The smallest absolute Gasteiger partial charge is 0.0129 e. The Labute approximate surface area is 76.1 Å². The molecule has 70 valence electrons. The van der Waals surface area contributed by atoms with Crippen LogP contribution in [-0.2, 0) is 0 Å². The summed E-state index contributed by atoms with van der Waals surface area (Å²) in [6, 6.07) is 0.898. The molecule has 1 saturated carbocycles. The highest BCUT2D eigenvalue weighted by Crippen LogP contribution is 2.45. The molecule has 1 nitrogen and oxygen atoms in total. The first kappa shape index (κ1) is 8.55. The Bertz CT molecular complexity index is 180. The molecule has 0 amide bonds. The molecule has 0 aromatic carbocycles. The molecule has 1 heteroatoms. The standard InChI is InChI=1S/C11H21N/c1-8-9-5-6-10(8)12(7-9)11(2,3)4/h8-10H,5-7H2,1-4H3/t8-,9+,10+/m0/s1. The van der Waals surface area contributed by atoms with E-state index in [1.54, 1.807) is 0 Å². The van der Waals surface area contributed by atoms with Crippen LogP contribution in [0, 0.1) is 11.8 Å². The molecule has 0 N–H and O–H groups in total. The van der Waals surface area contributed by atoms with Gasteiger partial charge in [-0.2, -0.15) is 0 Å². The van der Waals surface area contributed by atoms with Gasteiger partial charge in [0.15, 0.2) is 0 Å². The average Bonchev–Trinajstić information content (AvgIpc) is 2.45. The number of hydrogen-bond donors (Lipinski definition) is 0. The second-order valence-electron chi connectivity index (χ2n) is 5.59. The molecule has 0 spiro atoms. The highest BCUT2D eigenvalue weighted by molar-refractivity contribution is 5.01. The number of fused-ring (bicyclic) bond motifs is 2. The minimum absolute atomic E-state index is 0.397. The van der Waals surface area contributed by atoms with Gasteiger partial charge in [-0.05, 0) is 45.4 Å². The maximum atomic E-state index is 2.71. The molecule has 0 radical (unpaired) electrons. The predicted molar refractivity (Wildman–Crippen MR) is 52.1 cm³/mol. The van der Waals surface area contributed by atoms with Crippen molar-refractivity contribution < 1.29 is 0 Å². The van der Waals surface area contributed by atoms with Gasteiger partial charge >= 0.3 is 0 Å². The second-order valence-corrected chi connectivity index (χ2v) is 5.59. The minimum atomic E-state index is 0.397. The first-order valence-electron chi connectivity index (χ1n) is 5.27. The van der Waals surface area contributed by atoms with Crippen molar-refractivity contribution in [3.8, 4) is 0 Å². The van der Waals surface area contributed by atoms with Crippen molar-refractivity contribution in [2.24, 2.45) is 11.8 Å². The third kappa shape index (κ3) is 1.10. The molecule has 0 aromatic heterocycles. The summed E-state index contributed by atoms with van der Waals surface area (Å²) in [6.45, 7) is 10.8. The van der Waals surface area contributed by atoms with E-state index in [-0.39, 0.29) is 0 Å². The molecule has 0 unspecified atom stereocenters. The summed E-state index contributed by atoms with van der Waals surface area (Å²) in [5, 5.41) is 0. The summed E-state index contributed by atoms with van der Waals surface area (Å²) >= 11 is 0. The van der Waals surface area contributed by atoms with E-state index in [1.165, 1.54) is 19.4 Å². The SMILES string of the molecule is C[C@H]1[C@@H]2CC[C@H]1N(C(C)(C)C)C2. The van der Waals surface area contributed by atoms with Gasteiger partial charge in [0, 0.05) is 18.1 Å². The van der Waals surface area contributed by atoms with E-state index in [0.717, 1.165) is 17.9 Å². The Morgan fingerprint density at radius 1 is 1.17 bits per heavy atom. The van der Waals surface area contributed by atoms with Crippen LogP contribution in [0.5, 0.6) is 0 Å². The fraction of sp³-hybridized carbons (Fsp3) is 1.00. The molecule has 2 fully saturated rings. The lowest BCUT2D eigenvalue weighted by molar-refractivity contribution is 0.0928. The summed E-state index contributed by atoms with van der Waals surface area (Å²) in [6.07, 6.45) is 2.93. The Balaban J connectivity index is 2.14. The van der Waals surface area contributed by atoms with Crippen molar-refractivity contribution in [1.29, 1.82) is 0 Å². The van der Waals surface area contributed by atoms with Crippen LogP contribution in [0.1, 0.15) is 40.5 Å². The highest BCUT2D eigenvalue weighted by Gasteiger charge is 2.47. The van der Waals surface area contributed by atoms with Crippen molar-refractivity contribution in [3.05, 3.63) is 0 Å². The van der Waals surface area contributed by atoms with Crippen molar-refractivity contribution in [2.45, 2.75) is 52.1 Å². The molecule has 0 aromatic rings. The van der Waals surface area contributed by atoms with Crippen LogP contribution in [0.15, 0.2) is 0 Å². The van der Waals surface area contributed by atoms with Crippen LogP contribution >= 0.6 is 0 Å². The Hall–Kier alpha value is -0.0400. The van der Waals surface area contributed by atoms with Crippen molar-refractivity contribution in [2.75, 3.05) is 6.54 Å². The number of rotatable bonds is 0. The summed E-state index contributed by atoms with van der Waals surface area (Å²) in [7, 11) is 0. The van der Waals surface area contributed by atoms with E-state index < -0.39 is 0 Å². The highest BCUT2D eigenvalue weighted by atomic mass is 15.3. The minimum Gasteiger partial charge on any atom is -0.295 e. The fourth-order valence-corrected chi connectivity index (χ4v) is 3.08. The first-order valence-corrected chi connectivity index (χ1v) is 5.27. The van der Waals surface area contributed by atoms with Crippen LogP contribution in [0.3, 0.4) is 0 Å². The van der Waals surface area contributed by atoms with E-state index >= 15 is 0 Å². The predicted octanol–water partition coefficient (Wildman–Crippen LogP) is 2.52. The molecule has 1 saturated heterocycles. The number of likely N-dealkylation sites (tertiary alicyclic amines) is 1. The van der Waals surface area contributed by atoms with Crippen LogP contribution < -0.4 is 0 Å². The third-order valence-electron chi connectivity index (χ3n) is 3.88. The van der Waals surface area contributed by atoms with Crippen LogP contribution in [0.2, 0.25) is 0 Å². The van der Waals surface area contributed by atoms with Crippen LogP contribution in [0.25, 0.3) is 0 Å². The third-order valence-corrected chi connectivity index (χ3v) is 3.88. The van der Waals surface area contributed by atoms with E-state index in [1.807, 2.05) is 0 Å². The van der Waals surface area contributed by atoms with Gasteiger partial charge in [-0.15, -0.1) is 0 Å². The molecule has 3 atom stereocenters. The van der Waals surface area contributed by atoms with Crippen molar-refractivity contribution in [1.82, 2.24) is 4.90 Å². The lowest BCUT2D eigenvalue weighted by atomic mass is 10.0. The number of nitrogens with zero attached hydrogens (tertiary/aromatic N) is 1. The Morgan fingerprint density at radius 3 is 2.08 bits per heavy atom. The van der Waals surface area contributed by atoms with Crippen molar-refractivity contribution >= 4 is 0 Å². The van der Waals surface area contributed by atoms with Crippen LogP contribution in [-0.4, -0.2) is 23.0 Å². The van der Waals surface area contributed by atoms with Gasteiger partial charge in [0.1, 0.15) is 0 Å². The van der Waals surface area contributed by atoms with Gasteiger partial charge in [0.2, 0.25) is 0 Å². The average molecular weight is 167 g/mol. The monoisotopic (exact) mass is 167 g/mol. The largest absolute Gasteiger partial charge is 0.295 e. The van der Waals surface area contributed by atoms with Gasteiger partial charge in [0.05, 0.1) is 0 Å². The molecular formula is C11H21N. The topological polar surface area (TPSA) is 3.24 Å². The summed E-state index contributed by atoms with van der Waals surface area (Å²) < 4.78 is 0. The zero-order valence-electron chi connectivity index (χ0n) is 8.80. The zero-order chi connectivity index (χ0) is 8.93. The van der Waals surface area contributed by atoms with Gasteiger partial charge in [-0.1, -0.05) is 6.92 Å². The van der Waals surface area contributed by atoms with Gasteiger partial charge in [0.25, 0.3) is 0 Å². The molecule has 2 bridgehead atoms. The summed E-state index contributed by atoms with van der Waals surface area (Å²) in [5.74, 6) is 1.97. The molecule has 2 rings (SSSR count). The maximum Gasteiger partial charge on any atom is 0.0129 e. The molecule has 2 aliphatic rings.